The minimum atomic E-state index is -0.581. The van der Waals surface area contributed by atoms with E-state index in [1.807, 2.05) is 0 Å². The Bertz CT molecular complexity index is 1100. The Hall–Kier alpha value is -3.17. The molecule has 0 bridgehead atoms. The van der Waals surface area contributed by atoms with Gasteiger partial charge in [-0.25, -0.2) is 4.98 Å². The Kier molecular flexibility index (Phi) is 5.76. The van der Waals surface area contributed by atoms with Gasteiger partial charge in [0, 0.05) is 18.2 Å². The van der Waals surface area contributed by atoms with E-state index in [1.54, 1.807) is 25.3 Å². The van der Waals surface area contributed by atoms with Crippen LogP contribution in [0.1, 0.15) is 5.56 Å². The summed E-state index contributed by atoms with van der Waals surface area (Å²) in [7, 11) is 3.08. The number of nitro benzene ring substituents is 1. The summed E-state index contributed by atoms with van der Waals surface area (Å²) in [5.74, 6) is 0.729. The Labute approximate surface area is 168 Å². The number of nitrogens with one attached hydrogen (secondary N) is 1. The number of carbonyl (C=O) groups excluding carboxylic acids is 1. The van der Waals surface area contributed by atoms with Gasteiger partial charge in [-0.1, -0.05) is 29.0 Å². The van der Waals surface area contributed by atoms with Crippen molar-refractivity contribution in [1.82, 2.24) is 4.98 Å². The minimum absolute atomic E-state index is 0.0328. The van der Waals surface area contributed by atoms with Crippen LogP contribution in [0.5, 0.6) is 11.5 Å². The zero-order valence-corrected chi connectivity index (χ0v) is 16.3. The molecule has 3 rings (SSSR count). The summed E-state index contributed by atoms with van der Waals surface area (Å²) in [5.41, 5.74) is 0.860. The highest BCUT2D eigenvalue weighted by Gasteiger charge is 2.13. The van der Waals surface area contributed by atoms with Crippen molar-refractivity contribution in [3.8, 4) is 11.5 Å². The van der Waals surface area contributed by atoms with Crippen molar-refractivity contribution >= 4 is 56.0 Å². The van der Waals surface area contributed by atoms with Crippen LogP contribution in [0.4, 0.5) is 10.8 Å². The molecule has 0 aliphatic rings. The van der Waals surface area contributed by atoms with Crippen molar-refractivity contribution in [2.75, 3.05) is 19.5 Å². The largest absolute Gasteiger partial charge is 0.497 e. The molecule has 0 unspecified atom stereocenters. The van der Waals surface area contributed by atoms with Crippen LogP contribution in [-0.4, -0.2) is 30.0 Å². The average Bonchev–Trinajstić information content (AvgIpc) is 3.08. The number of fused-ring (bicyclic) bond motifs is 1. The molecule has 1 amide bonds. The first-order valence-electron chi connectivity index (χ1n) is 7.87. The summed E-state index contributed by atoms with van der Waals surface area (Å²) in [6.07, 6.45) is 2.71. The van der Waals surface area contributed by atoms with Crippen molar-refractivity contribution in [3.63, 3.8) is 0 Å². The van der Waals surface area contributed by atoms with Crippen molar-refractivity contribution in [3.05, 3.63) is 57.1 Å². The number of hydrogen-bond acceptors (Lipinski definition) is 7. The smallest absolute Gasteiger partial charge is 0.288 e. The van der Waals surface area contributed by atoms with E-state index in [1.165, 1.54) is 42.7 Å². The van der Waals surface area contributed by atoms with E-state index >= 15 is 0 Å². The summed E-state index contributed by atoms with van der Waals surface area (Å²) in [6.45, 7) is 0. The van der Waals surface area contributed by atoms with Gasteiger partial charge in [-0.3, -0.25) is 20.2 Å². The van der Waals surface area contributed by atoms with Crippen LogP contribution in [-0.2, 0) is 4.79 Å². The number of methoxy groups -OCH3 is 2. The van der Waals surface area contributed by atoms with E-state index in [9.17, 15) is 14.9 Å². The monoisotopic (exact) mass is 419 g/mol. The maximum atomic E-state index is 12.2. The lowest BCUT2D eigenvalue weighted by Crippen LogP contribution is -2.07. The molecular weight excluding hydrogens is 406 g/mol. The number of ether oxygens (including phenoxy) is 2. The number of nitro groups is 1. The molecule has 0 saturated carbocycles. The van der Waals surface area contributed by atoms with Gasteiger partial charge in [-0.05, 0) is 23.8 Å². The van der Waals surface area contributed by atoms with E-state index in [4.69, 9.17) is 21.1 Å². The fraction of sp³-hybridized carbons (Fsp3) is 0.111. The number of nitrogens with zero attached hydrogens (tertiary/aromatic N) is 2. The predicted octanol–water partition coefficient (Wildman–Crippen LogP) is 4.53. The van der Waals surface area contributed by atoms with E-state index in [2.05, 4.69) is 10.3 Å². The molecule has 1 N–H and O–H groups in total. The molecule has 0 saturated heterocycles. The van der Waals surface area contributed by atoms with Crippen molar-refractivity contribution in [2.24, 2.45) is 0 Å². The third-order valence-corrected chi connectivity index (χ3v) is 4.95. The average molecular weight is 420 g/mol. The van der Waals surface area contributed by atoms with Gasteiger partial charge in [0.15, 0.2) is 5.13 Å². The summed E-state index contributed by atoms with van der Waals surface area (Å²) in [4.78, 5) is 26.9. The normalized spacial score (nSPS) is 11.0. The van der Waals surface area contributed by atoms with Crippen LogP contribution in [0.15, 0.2) is 36.4 Å². The van der Waals surface area contributed by atoms with Crippen LogP contribution < -0.4 is 14.8 Å². The fourth-order valence-electron chi connectivity index (χ4n) is 2.39. The molecule has 1 aromatic heterocycles. The lowest BCUT2D eigenvalue weighted by Gasteiger charge is -2.03. The molecule has 0 spiro atoms. The first-order valence-corrected chi connectivity index (χ1v) is 9.06. The Morgan fingerprint density at radius 3 is 2.75 bits per heavy atom. The summed E-state index contributed by atoms with van der Waals surface area (Å²) in [5, 5.41) is 14.0. The predicted molar refractivity (Wildman–Crippen MR) is 108 cm³/mol. The third-order valence-electron chi connectivity index (χ3n) is 3.71. The number of halogens is 1. The fourth-order valence-corrected chi connectivity index (χ4v) is 3.50. The van der Waals surface area contributed by atoms with Crippen molar-refractivity contribution < 1.29 is 19.2 Å². The van der Waals surface area contributed by atoms with Gasteiger partial charge in [0.2, 0.25) is 5.91 Å². The van der Waals surface area contributed by atoms with Gasteiger partial charge in [0.1, 0.15) is 22.0 Å². The van der Waals surface area contributed by atoms with Crippen LogP contribution in [0.25, 0.3) is 16.3 Å². The first-order chi connectivity index (χ1) is 13.4. The maximum Gasteiger partial charge on any atom is 0.288 e. The van der Waals surface area contributed by atoms with Gasteiger partial charge in [-0.15, -0.1) is 0 Å². The van der Waals surface area contributed by atoms with E-state index in [0.29, 0.717) is 27.7 Å². The van der Waals surface area contributed by atoms with Crippen LogP contribution in [0.2, 0.25) is 5.02 Å². The molecule has 0 aliphatic carbocycles. The Morgan fingerprint density at radius 2 is 2.07 bits per heavy atom. The van der Waals surface area contributed by atoms with E-state index in [-0.39, 0.29) is 10.7 Å². The third kappa shape index (κ3) is 4.21. The number of thiazole rings is 1. The van der Waals surface area contributed by atoms with E-state index < -0.39 is 10.8 Å². The molecule has 0 fully saturated rings. The quantitative estimate of drug-likeness (QED) is 0.357. The Balaban J connectivity index is 1.79. The van der Waals surface area contributed by atoms with Gasteiger partial charge < -0.3 is 9.47 Å². The lowest BCUT2D eigenvalue weighted by atomic mass is 10.2. The number of hydrogen-bond donors (Lipinski definition) is 1. The highest BCUT2D eigenvalue weighted by Crippen LogP contribution is 2.36. The van der Waals surface area contributed by atoms with E-state index in [0.717, 1.165) is 4.70 Å². The highest BCUT2D eigenvalue weighted by atomic mass is 35.5. The zero-order valence-electron chi connectivity index (χ0n) is 14.8. The maximum absolute atomic E-state index is 12.2. The summed E-state index contributed by atoms with van der Waals surface area (Å²) >= 11 is 7.05. The number of anilines is 1. The second-order valence-electron chi connectivity index (χ2n) is 5.49. The van der Waals surface area contributed by atoms with Crippen LogP contribution in [0, 0.1) is 10.1 Å². The van der Waals surface area contributed by atoms with Gasteiger partial charge in [0.25, 0.3) is 5.69 Å². The zero-order chi connectivity index (χ0) is 20.3. The second-order valence-corrected chi connectivity index (χ2v) is 6.92. The Morgan fingerprint density at radius 1 is 1.29 bits per heavy atom. The van der Waals surface area contributed by atoms with Gasteiger partial charge >= 0.3 is 0 Å². The number of carbonyl (C=O) groups is 1. The van der Waals surface area contributed by atoms with Gasteiger partial charge in [-0.2, -0.15) is 0 Å². The van der Waals surface area contributed by atoms with Gasteiger partial charge in [0.05, 0.1) is 23.8 Å². The lowest BCUT2D eigenvalue weighted by molar-refractivity contribution is -0.384. The second kappa shape index (κ2) is 8.24. The highest BCUT2D eigenvalue weighted by molar-refractivity contribution is 7.22. The number of benzene rings is 2. The molecule has 0 aliphatic heterocycles. The SMILES string of the molecule is COc1cc(OC)c2nc(NC(=O)C=Cc3ccc(Cl)c([N+](=O)[O-])c3)sc2c1. The number of aromatic nitrogens is 1. The molecule has 3 aromatic rings. The summed E-state index contributed by atoms with van der Waals surface area (Å²) < 4.78 is 11.3. The molecule has 28 heavy (non-hydrogen) atoms. The first kappa shape index (κ1) is 19.6. The number of rotatable bonds is 6. The molecule has 1 heterocycles. The number of amides is 1. The van der Waals surface area contributed by atoms with Crippen molar-refractivity contribution in [2.45, 2.75) is 0 Å². The molecule has 0 radical (unpaired) electrons. The van der Waals surface area contributed by atoms with Crippen LogP contribution >= 0.6 is 22.9 Å². The molecule has 144 valence electrons. The topological polar surface area (TPSA) is 104 Å². The van der Waals surface area contributed by atoms with Crippen LogP contribution in [0.3, 0.4) is 0 Å². The van der Waals surface area contributed by atoms with Crippen molar-refractivity contribution in [1.29, 1.82) is 0 Å². The standard InChI is InChI=1S/C18H14ClN3O5S/c1-26-11-8-14(27-2)17-15(9-11)28-18(21-17)20-16(23)6-4-10-3-5-12(19)13(7-10)22(24)25/h3-9H,1-2H3,(H,20,21,23). The molecule has 8 nitrogen and oxygen atoms in total. The summed E-state index contributed by atoms with van der Waals surface area (Å²) in [6, 6.07) is 7.79. The molecule has 0 atom stereocenters. The minimum Gasteiger partial charge on any atom is -0.497 e. The molecular formula is C18H14ClN3O5S. The molecule has 2 aromatic carbocycles. The molecule has 10 heteroatoms.